The van der Waals surface area contributed by atoms with Gasteiger partial charge in [-0.3, -0.25) is 10.2 Å². The van der Waals surface area contributed by atoms with E-state index in [1.54, 1.807) is 0 Å². The Hall–Kier alpha value is -0.950. The summed E-state index contributed by atoms with van der Waals surface area (Å²) in [4.78, 5) is 9.00. The fourth-order valence-electron chi connectivity index (χ4n) is 0.155. The molecule has 0 aromatic carbocycles. The summed E-state index contributed by atoms with van der Waals surface area (Å²) in [5.41, 5.74) is 4.77. The molecule has 0 amide bonds. The fourth-order valence-corrected chi connectivity index (χ4v) is 0.465. The minimum atomic E-state index is -1.20. The average Bonchev–Trinajstić information content (AvgIpc) is 1.56. The minimum absolute atomic E-state index is 0.263. The summed E-state index contributed by atoms with van der Waals surface area (Å²) in [7, 11) is 0. The van der Waals surface area contributed by atoms with Gasteiger partial charge >= 0.3 is 0 Å². The van der Waals surface area contributed by atoms with Crippen LogP contribution >= 0.6 is 0 Å². The van der Waals surface area contributed by atoms with Gasteiger partial charge < -0.3 is 15.4 Å². The third kappa shape index (κ3) is 48.4. The standard InChI is InChI=1S/C2H7N3OS.C2H4O2/c1-7(6)5-2(3)4;1-2(3)4/h1H3,(H4,3,4,5);1H3,(H,3,4). The highest BCUT2D eigenvalue weighted by atomic mass is 32.2. The van der Waals surface area contributed by atoms with Gasteiger partial charge in [0.2, 0.25) is 5.96 Å². The van der Waals surface area contributed by atoms with Crippen LogP contribution in [-0.4, -0.2) is 27.8 Å². The van der Waals surface area contributed by atoms with Crippen molar-refractivity contribution in [3.05, 3.63) is 0 Å². The Morgan fingerprint density at radius 3 is 2.09 bits per heavy atom. The summed E-state index contributed by atoms with van der Waals surface area (Å²) in [6.07, 6.45) is 1.40. The number of hydrogen-bond donors (Lipinski definition) is 4. The quantitative estimate of drug-likeness (QED) is 0.231. The molecule has 0 aliphatic carbocycles. The van der Waals surface area contributed by atoms with Gasteiger partial charge in [-0.1, -0.05) is 0 Å². The summed E-state index contributed by atoms with van der Waals surface area (Å²) in [6.45, 7) is 1.08. The first-order valence-electron chi connectivity index (χ1n) is 2.50. The van der Waals surface area contributed by atoms with Crippen molar-refractivity contribution >= 4 is 23.3 Å². The Morgan fingerprint density at radius 2 is 2.09 bits per heavy atom. The van der Waals surface area contributed by atoms with Crippen molar-refractivity contribution in [3.8, 4) is 0 Å². The van der Waals surface area contributed by atoms with Gasteiger partial charge in [0.05, 0.1) is 11.4 Å². The van der Waals surface area contributed by atoms with Crippen molar-refractivity contribution in [2.75, 3.05) is 6.26 Å². The zero-order valence-corrected chi connectivity index (χ0v) is 7.07. The Labute approximate surface area is 67.6 Å². The van der Waals surface area contributed by atoms with Crippen molar-refractivity contribution in [2.24, 2.45) is 5.73 Å². The van der Waals surface area contributed by atoms with E-state index >= 15 is 0 Å². The van der Waals surface area contributed by atoms with E-state index in [1.807, 2.05) is 0 Å². The number of nitrogens with one attached hydrogen (secondary N) is 2. The monoisotopic (exact) mass is 181 g/mol. The summed E-state index contributed by atoms with van der Waals surface area (Å²) in [5, 5.41) is 13.9. The first-order valence-corrected chi connectivity index (χ1v) is 4.05. The summed E-state index contributed by atoms with van der Waals surface area (Å²) in [6, 6.07) is 0. The highest BCUT2D eigenvalue weighted by molar-refractivity contribution is 7.89. The molecule has 0 heterocycles. The number of carbonyl (C=O) groups is 1. The largest absolute Gasteiger partial charge is 0.593 e. The van der Waals surface area contributed by atoms with Gasteiger partial charge in [-0.25, -0.2) is 0 Å². The lowest BCUT2D eigenvalue weighted by molar-refractivity contribution is -0.134. The second kappa shape index (κ2) is 7.16. The lowest BCUT2D eigenvalue weighted by atomic mass is 10.9. The SMILES string of the molecule is CC(=O)O.C[S+]([O-])NC(=N)N. The molecule has 11 heavy (non-hydrogen) atoms. The third-order valence-electron chi connectivity index (χ3n) is 0.254. The lowest BCUT2D eigenvalue weighted by Crippen LogP contribution is -2.34. The number of guanidine groups is 1. The van der Waals surface area contributed by atoms with Gasteiger partial charge in [0.25, 0.3) is 5.97 Å². The molecule has 6 nitrogen and oxygen atoms in total. The molecular weight excluding hydrogens is 170 g/mol. The number of carboxylic acid groups (broad SMARTS) is 1. The topological polar surface area (TPSA) is 122 Å². The number of carboxylic acids is 1. The van der Waals surface area contributed by atoms with Crippen LogP contribution in [0.5, 0.6) is 0 Å². The normalized spacial score (nSPS) is 10.5. The molecule has 0 radical (unpaired) electrons. The number of nitrogens with two attached hydrogens (primary N) is 1. The molecule has 0 fully saturated rings. The minimum Gasteiger partial charge on any atom is -0.593 e. The van der Waals surface area contributed by atoms with Crippen LogP contribution in [-0.2, 0) is 16.2 Å². The van der Waals surface area contributed by atoms with Crippen LogP contribution in [0.1, 0.15) is 6.92 Å². The van der Waals surface area contributed by atoms with Gasteiger partial charge in [-0.15, -0.1) is 0 Å². The highest BCUT2D eigenvalue weighted by Gasteiger charge is 1.92. The van der Waals surface area contributed by atoms with Crippen molar-refractivity contribution < 1.29 is 14.5 Å². The molecule has 0 aliphatic heterocycles. The van der Waals surface area contributed by atoms with Gasteiger partial charge in [-0.05, 0) is 0 Å². The predicted octanol–water partition coefficient (Wildman–Crippen LogP) is -1.15. The van der Waals surface area contributed by atoms with E-state index in [0.717, 1.165) is 6.92 Å². The molecule has 0 aromatic rings. The first-order chi connectivity index (χ1) is 4.86. The maximum absolute atomic E-state index is 10.0. The van der Waals surface area contributed by atoms with Crippen molar-refractivity contribution in [2.45, 2.75) is 6.92 Å². The molecule has 5 N–H and O–H groups in total. The smallest absolute Gasteiger partial charge is 0.300 e. The van der Waals surface area contributed by atoms with Crippen LogP contribution in [0, 0.1) is 5.41 Å². The first kappa shape index (κ1) is 12.7. The molecular formula is C4H11N3O3S. The second-order valence-electron chi connectivity index (χ2n) is 1.49. The molecule has 0 aromatic heterocycles. The molecule has 0 rings (SSSR count). The van der Waals surface area contributed by atoms with Gasteiger partial charge in [0.1, 0.15) is 6.26 Å². The Balaban J connectivity index is 0. The van der Waals surface area contributed by atoms with E-state index in [4.69, 9.17) is 21.0 Å². The van der Waals surface area contributed by atoms with Gasteiger partial charge in [-0.2, -0.15) is 4.72 Å². The fraction of sp³-hybridized carbons (Fsp3) is 0.500. The van der Waals surface area contributed by atoms with Gasteiger partial charge in [0, 0.05) is 6.92 Å². The molecule has 0 saturated heterocycles. The summed E-state index contributed by atoms with van der Waals surface area (Å²) in [5.74, 6) is -1.10. The number of hydrogen-bond acceptors (Lipinski definition) is 3. The second-order valence-corrected chi connectivity index (χ2v) is 2.60. The van der Waals surface area contributed by atoms with Crippen molar-refractivity contribution in [1.82, 2.24) is 4.72 Å². The Bertz CT molecular complexity index is 135. The van der Waals surface area contributed by atoms with E-state index in [1.165, 1.54) is 6.26 Å². The van der Waals surface area contributed by atoms with E-state index in [0.29, 0.717) is 0 Å². The number of aliphatic carboxylic acids is 1. The van der Waals surface area contributed by atoms with Gasteiger partial charge in [0.15, 0.2) is 0 Å². The predicted molar refractivity (Wildman–Crippen MR) is 42.4 cm³/mol. The average molecular weight is 181 g/mol. The zero-order chi connectivity index (χ0) is 9.44. The van der Waals surface area contributed by atoms with Crippen LogP contribution in [0.15, 0.2) is 0 Å². The van der Waals surface area contributed by atoms with E-state index in [9.17, 15) is 4.55 Å². The molecule has 0 saturated carbocycles. The van der Waals surface area contributed by atoms with Crippen LogP contribution < -0.4 is 10.5 Å². The van der Waals surface area contributed by atoms with E-state index in [2.05, 4.69) is 4.72 Å². The highest BCUT2D eigenvalue weighted by Crippen LogP contribution is 1.67. The third-order valence-corrected chi connectivity index (χ3v) is 0.761. The Morgan fingerprint density at radius 1 is 1.82 bits per heavy atom. The Kier molecular flexibility index (Phi) is 8.27. The molecule has 66 valence electrons. The summed E-state index contributed by atoms with van der Waals surface area (Å²) < 4.78 is 12.2. The zero-order valence-electron chi connectivity index (χ0n) is 6.25. The van der Waals surface area contributed by atoms with Crippen LogP contribution in [0.25, 0.3) is 0 Å². The van der Waals surface area contributed by atoms with Crippen molar-refractivity contribution in [3.63, 3.8) is 0 Å². The van der Waals surface area contributed by atoms with Crippen molar-refractivity contribution in [1.29, 1.82) is 5.41 Å². The molecule has 1 unspecified atom stereocenters. The molecule has 1 atom stereocenters. The molecule has 0 spiro atoms. The maximum Gasteiger partial charge on any atom is 0.300 e. The van der Waals surface area contributed by atoms with Crippen LogP contribution in [0.4, 0.5) is 0 Å². The molecule has 0 aliphatic rings. The maximum atomic E-state index is 10.0. The molecule has 7 heteroatoms. The van der Waals surface area contributed by atoms with Crippen LogP contribution in [0.3, 0.4) is 0 Å². The van der Waals surface area contributed by atoms with E-state index < -0.39 is 17.3 Å². The van der Waals surface area contributed by atoms with Crippen LogP contribution in [0.2, 0.25) is 0 Å². The molecule has 0 bridgehead atoms. The summed E-state index contributed by atoms with van der Waals surface area (Å²) >= 11 is -1.20. The lowest BCUT2D eigenvalue weighted by Gasteiger charge is -2.01. The number of rotatable bonds is 1. The van der Waals surface area contributed by atoms with E-state index in [-0.39, 0.29) is 5.96 Å².